The Morgan fingerprint density at radius 1 is 1.16 bits per heavy atom. The molecule has 1 saturated carbocycles. The first-order valence-corrected chi connectivity index (χ1v) is 11.2. The average Bonchev–Trinajstić information content (AvgIpc) is 3.51. The van der Waals surface area contributed by atoms with Gasteiger partial charge in [-0.2, -0.15) is 0 Å². The van der Waals surface area contributed by atoms with E-state index < -0.39 is 0 Å². The molecule has 0 aromatic carbocycles. The second kappa shape index (κ2) is 7.62. The van der Waals surface area contributed by atoms with Crippen molar-refractivity contribution in [1.29, 1.82) is 0 Å². The lowest BCUT2D eigenvalue weighted by atomic mass is 9.72. The summed E-state index contributed by atoms with van der Waals surface area (Å²) in [5.74, 6) is 1.53. The second-order valence-electron chi connectivity index (χ2n) is 9.17. The molecule has 5 rings (SSSR count). The van der Waals surface area contributed by atoms with Crippen molar-refractivity contribution in [3.63, 3.8) is 0 Å². The van der Waals surface area contributed by atoms with Gasteiger partial charge in [0.25, 0.3) is 17.4 Å². The van der Waals surface area contributed by atoms with Crippen molar-refractivity contribution in [1.82, 2.24) is 29.5 Å². The smallest absolute Gasteiger partial charge is 0.289 e. The molecule has 1 aliphatic carbocycles. The lowest BCUT2D eigenvalue weighted by molar-refractivity contribution is 0.0632. The molecule has 9 heteroatoms. The number of nitrogens with one attached hydrogen (secondary N) is 1. The maximum Gasteiger partial charge on any atom is 0.289 e. The molecule has 0 atom stereocenters. The average molecular weight is 425 g/mol. The second-order valence-corrected chi connectivity index (χ2v) is 9.17. The zero-order valence-electron chi connectivity index (χ0n) is 17.8. The molecule has 9 nitrogen and oxygen atoms in total. The molecule has 0 radical (unpaired) electrons. The van der Waals surface area contributed by atoms with Gasteiger partial charge in [0, 0.05) is 44.8 Å². The van der Waals surface area contributed by atoms with Crippen molar-refractivity contribution < 1.29 is 9.59 Å². The van der Waals surface area contributed by atoms with Gasteiger partial charge in [0.1, 0.15) is 11.4 Å². The fourth-order valence-electron chi connectivity index (χ4n) is 4.94. The normalized spacial score (nSPS) is 19.8. The molecule has 0 unspecified atom stereocenters. The van der Waals surface area contributed by atoms with E-state index in [4.69, 9.17) is 0 Å². The van der Waals surface area contributed by atoms with Crippen LogP contribution in [-0.4, -0.2) is 55.7 Å². The number of amides is 2. The Kier molecular flexibility index (Phi) is 4.91. The topological polar surface area (TPSA) is 102 Å². The van der Waals surface area contributed by atoms with Gasteiger partial charge in [-0.05, 0) is 56.6 Å². The van der Waals surface area contributed by atoms with Gasteiger partial charge in [0.15, 0.2) is 0 Å². The quantitative estimate of drug-likeness (QED) is 0.791. The van der Waals surface area contributed by atoms with Gasteiger partial charge in [-0.1, -0.05) is 0 Å². The Labute approximate surface area is 180 Å². The van der Waals surface area contributed by atoms with Crippen LogP contribution in [0.3, 0.4) is 0 Å². The van der Waals surface area contributed by atoms with Crippen LogP contribution < -0.4 is 10.9 Å². The van der Waals surface area contributed by atoms with Crippen LogP contribution in [-0.2, 0) is 19.0 Å². The summed E-state index contributed by atoms with van der Waals surface area (Å²) in [7, 11) is 1.65. The predicted octanol–water partition coefficient (Wildman–Crippen LogP) is 1.08. The third-order valence-corrected chi connectivity index (χ3v) is 7.07. The third kappa shape index (κ3) is 3.55. The number of hydrogen-bond acceptors (Lipinski definition) is 5. The first kappa shape index (κ1) is 20.0. The zero-order chi connectivity index (χ0) is 21.6. The molecule has 1 saturated heterocycles. The fourth-order valence-corrected chi connectivity index (χ4v) is 4.94. The van der Waals surface area contributed by atoms with Crippen LogP contribution >= 0.6 is 0 Å². The molecular weight excluding hydrogens is 396 g/mol. The minimum atomic E-state index is -0.271. The lowest BCUT2D eigenvalue weighted by Gasteiger charge is -2.43. The van der Waals surface area contributed by atoms with E-state index >= 15 is 0 Å². The van der Waals surface area contributed by atoms with Crippen LogP contribution in [0.25, 0.3) is 0 Å². The van der Waals surface area contributed by atoms with Crippen molar-refractivity contribution in [2.24, 2.45) is 13.0 Å². The van der Waals surface area contributed by atoms with E-state index in [1.165, 1.54) is 17.4 Å². The first-order chi connectivity index (χ1) is 15.0. The van der Waals surface area contributed by atoms with E-state index in [2.05, 4.69) is 15.5 Å². The van der Waals surface area contributed by atoms with Crippen LogP contribution in [0, 0.1) is 5.92 Å². The van der Waals surface area contributed by atoms with E-state index in [9.17, 15) is 14.4 Å². The zero-order valence-corrected chi connectivity index (χ0v) is 17.8. The van der Waals surface area contributed by atoms with E-state index in [1.807, 2.05) is 4.57 Å². The van der Waals surface area contributed by atoms with Crippen LogP contribution in [0.2, 0.25) is 0 Å². The largest absolute Gasteiger partial charge is 0.349 e. The molecule has 2 amide bonds. The van der Waals surface area contributed by atoms with Crippen molar-refractivity contribution in [3.05, 3.63) is 45.9 Å². The van der Waals surface area contributed by atoms with Crippen molar-refractivity contribution >= 4 is 11.8 Å². The van der Waals surface area contributed by atoms with E-state index in [1.54, 1.807) is 30.3 Å². The Morgan fingerprint density at radius 2 is 1.94 bits per heavy atom. The number of pyridine rings is 1. The van der Waals surface area contributed by atoms with Gasteiger partial charge in [-0.25, -0.2) is 0 Å². The number of fused-ring (bicyclic) bond motifs is 2. The Bertz CT molecular complexity index is 1080. The maximum atomic E-state index is 12.9. The molecule has 2 fully saturated rings. The number of carbonyl (C=O) groups is 2. The molecule has 0 bridgehead atoms. The molecule has 2 aliphatic heterocycles. The molecule has 3 aliphatic rings. The fraction of sp³-hybridized carbons (Fsp3) is 0.591. The minimum absolute atomic E-state index is 0.143. The van der Waals surface area contributed by atoms with Crippen LogP contribution in [0.15, 0.2) is 23.1 Å². The Morgan fingerprint density at radius 3 is 2.68 bits per heavy atom. The highest BCUT2D eigenvalue weighted by Crippen LogP contribution is 2.42. The van der Waals surface area contributed by atoms with Gasteiger partial charge in [-0.15, -0.1) is 10.2 Å². The predicted molar refractivity (Wildman–Crippen MR) is 113 cm³/mol. The number of rotatable bonds is 4. The van der Waals surface area contributed by atoms with Gasteiger partial charge in [0.2, 0.25) is 5.82 Å². The number of carbonyl (C=O) groups excluding carboxylic acids is 2. The highest BCUT2D eigenvalue weighted by Gasteiger charge is 2.44. The van der Waals surface area contributed by atoms with Crippen molar-refractivity contribution in [2.45, 2.75) is 50.5 Å². The summed E-state index contributed by atoms with van der Waals surface area (Å²) < 4.78 is 3.41. The number of likely N-dealkylation sites (tertiary alicyclic amines) is 1. The lowest BCUT2D eigenvalue weighted by Crippen LogP contribution is -2.48. The van der Waals surface area contributed by atoms with E-state index in [-0.39, 0.29) is 28.4 Å². The Balaban J connectivity index is 1.32. The first-order valence-electron chi connectivity index (χ1n) is 11.2. The van der Waals surface area contributed by atoms with Gasteiger partial charge in [0.05, 0.1) is 0 Å². The summed E-state index contributed by atoms with van der Waals surface area (Å²) in [6.45, 7) is 2.58. The maximum absolute atomic E-state index is 12.9. The number of piperidine rings is 1. The third-order valence-electron chi connectivity index (χ3n) is 7.07. The van der Waals surface area contributed by atoms with Gasteiger partial charge >= 0.3 is 0 Å². The number of aryl methyl sites for hydroxylation is 1. The summed E-state index contributed by atoms with van der Waals surface area (Å²) >= 11 is 0. The summed E-state index contributed by atoms with van der Waals surface area (Å²) in [4.78, 5) is 39.7. The standard InChI is InChI=1S/C22H28N6O3/c1-26-10-2-4-16(19(26)30)20(31)27-12-8-22(9-13-27)7-3-11-28-17(24-25-21(22)28)18(29)23-14-15-5-6-15/h2,4,10,15H,3,5-9,11-14H2,1H3,(H,23,29). The highest BCUT2D eigenvalue weighted by molar-refractivity contribution is 5.94. The molecular formula is C22H28N6O3. The number of aromatic nitrogens is 4. The minimum Gasteiger partial charge on any atom is -0.349 e. The van der Waals surface area contributed by atoms with Gasteiger partial charge in [-0.3, -0.25) is 14.4 Å². The SMILES string of the molecule is Cn1cccc(C(=O)N2CCC3(CCCn4c(C(=O)NCC5CC5)nnc43)CC2)c1=O. The number of nitrogens with zero attached hydrogens (tertiary/aromatic N) is 5. The number of hydrogen-bond donors (Lipinski definition) is 1. The van der Waals surface area contributed by atoms with Crippen LogP contribution in [0.4, 0.5) is 0 Å². The van der Waals surface area contributed by atoms with E-state index in [0.717, 1.165) is 38.1 Å². The molecule has 1 N–H and O–H groups in total. The van der Waals surface area contributed by atoms with Crippen LogP contribution in [0.1, 0.15) is 65.3 Å². The monoisotopic (exact) mass is 424 g/mol. The van der Waals surface area contributed by atoms with Crippen molar-refractivity contribution in [2.75, 3.05) is 19.6 Å². The van der Waals surface area contributed by atoms with E-state index in [0.29, 0.717) is 31.4 Å². The highest BCUT2D eigenvalue weighted by atomic mass is 16.2. The molecule has 31 heavy (non-hydrogen) atoms. The summed E-state index contributed by atoms with van der Waals surface area (Å²) in [5.41, 5.74) is -0.229. The Hall–Kier alpha value is -2.97. The van der Waals surface area contributed by atoms with Crippen LogP contribution in [0.5, 0.6) is 0 Å². The molecule has 2 aromatic rings. The molecule has 2 aromatic heterocycles. The molecule has 1 spiro atoms. The van der Waals surface area contributed by atoms with Crippen molar-refractivity contribution in [3.8, 4) is 0 Å². The molecule has 4 heterocycles. The summed E-state index contributed by atoms with van der Waals surface area (Å²) in [6, 6.07) is 3.32. The molecule has 164 valence electrons. The van der Waals surface area contributed by atoms with Gasteiger partial charge < -0.3 is 19.4 Å². The summed E-state index contributed by atoms with van der Waals surface area (Å²) in [5, 5.41) is 11.7. The summed E-state index contributed by atoms with van der Waals surface area (Å²) in [6.07, 6.45) is 7.47.